The fraction of sp³-hybridized carbons (Fsp3) is 1.00. The summed E-state index contributed by atoms with van der Waals surface area (Å²) in [4.78, 5) is 2.53. The zero-order valence-corrected chi connectivity index (χ0v) is 13.2. The van der Waals surface area contributed by atoms with Crippen LogP contribution >= 0.6 is 0 Å². The van der Waals surface area contributed by atoms with Crippen LogP contribution in [-0.2, 0) is 4.74 Å². The zero-order valence-electron chi connectivity index (χ0n) is 13.2. The summed E-state index contributed by atoms with van der Waals surface area (Å²) in [5.74, 6) is 0.748. The molecule has 0 aromatic carbocycles. The van der Waals surface area contributed by atoms with Crippen molar-refractivity contribution in [1.29, 1.82) is 0 Å². The van der Waals surface area contributed by atoms with E-state index in [4.69, 9.17) is 4.74 Å². The van der Waals surface area contributed by atoms with Crippen molar-refractivity contribution in [2.24, 2.45) is 5.92 Å². The van der Waals surface area contributed by atoms with E-state index in [1.807, 2.05) is 0 Å². The summed E-state index contributed by atoms with van der Waals surface area (Å²) in [7, 11) is 0. The smallest absolute Gasteiger partial charge is 0.0933 e. The van der Waals surface area contributed by atoms with Gasteiger partial charge in [0.25, 0.3) is 0 Å². The van der Waals surface area contributed by atoms with E-state index in [2.05, 4.69) is 24.1 Å². The highest BCUT2D eigenvalue weighted by atomic mass is 16.5. The monoisotopic (exact) mass is 284 g/mol. The molecule has 20 heavy (non-hydrogen) atoms. The molecule has 4 atom stereocenters. The van der Waals surface area contributed by atoms with Gasteiger partial charge in [-0.05, 0) is 32.2 Å². The van der Waals surface area contributed by atoms with Gasteiger partial charge in [0.15, 0.2) is 0 Å². The first kappa shape index (κ1) is 16.2. The number of ether oxygens (including phenoxy) is 1. The minimum Gasteiger partial charge on any atom is -0.394 e. The topological polar surface area (TPSA) is 44.7 Å². The minimum absolute atomic E-state index is 0.00885. The predicted octanol–water partition coefficient (Wildman–Crippen LogP) is 1.63. The van der Waals surface area contributed by atoms with Crippen molar-refractivity contribution in [3.63, 3.8) is 0 Å². The van der Waals surface area contributed by atoms with Crippen LogP contribution in [-0.4, -0.2) is 61.0 Å². The van der Waals surface area contributed by atoms with E-state index in [1.54, 1.807) is 0 Å². The second kappa shape index (κ2) is 8.32. The predicted molar refractivity (Wildman–Crippen MR) is 81.9 cm³/mol. The maximum atomic E-state index is 9.32. The first-order valence-corrected chi connectivity index (χ1v) is 8.44. The molecule has 4 nitrogen and oxygen atoms in total. The number of rotatable bonds is 5. The van der Waals surface area contributed by atoms with Crippen molar-refractivity contribution >= 4 is 0 Å². The molecule has 118 valence electrons. The normalized spacial score (nSPS) is 36.8. The molecule has 0 amide bonds. The summed E-state index contributed by atoms with van der Waals surface area (Å²) in [5, 5.41) is 13.0. The highest BCUT2D eigenvalue weighted by molar-refractivity contribution is 4.85. The molecular formula is C16H32N2O2. The molecule has 0 bridgehead atoms. The van der Waals surface area contributed by atoms with Gasteiger partial charge < -0.3 is 15.2 Å². The third-order valence-corrected chi connectivity index (χ3v) is 4.93. The molecule has 0 radical (unpaired) electrons. The van der Waals surface area contributed by atoms with E-state index < -0.39 is 0 Å². The van der Waals surface area contributed by atoms with E-state index >= 15 is 0 Å². The van der Waals surface area contributed by atoms with E-state index in [0.717, 1.165) is 32.2 Å². The third-order valence-electron chi connectivity index (χ3n) is 4.93. The minimum atomic E-state index is 0.00885. The Morgan fingerprint density at radius 2 is 2.05 bits per heavy atom. The van der Waals surface area contributed by atoms with Gasteiger partial charge in [0.2, 0.25) is 0 Å². The van der Waals surface area contributed by atoms with Crippen LogP contribution in [0.2, 0.25) is 0 Å². The van der Waals surface area contributed by atoms with Crippen molar-refractivity contribution in [2.75, 3.05) is 32.8 Å². The van der Waals surface area contributed by atoms with Crippen LogP contribution in [0.5, 0.6) is 0 Å². The van der Waals surface area contributed by atoms with Gasteiger partial charge in [-0.15, -0.1) is 0 Å². The Hall–Kier alpha value is -0.160. The number of hydrogen-bond acceptors (Lipinski definition) is 4. The summed E-state index contributed by atoms with van der Waals surface area (Å²) in [6, 6.07) is 1.15. The largest absolute Gasteiger partial charge is 0.394 e. The average Bonchev–Trinajstić information content (AvgIpc) is 2.67. The molecule has 1 saturated carbocycles. The van der Waals surface area contributed by atoms with Gasteiger partial charge >= 0.3 is 0 Å². The summed E-state index contributed by atoms with van der Waals surface area (Å²) in [6.45, 7) is 8.45. The van der Waals surface area contributed by atoms with Gasteiger partial charge in [0.05, 0.1) is 19.3 Å². The molecule has 2 rings (SSSR count). The van der Waals surface area contributed by atoms with Crippen molar-refractivity contribution in [3.05, 3.63) is 0 Å². The Labute approximate surface area is 123 Å². The van der Waals surface area contributed by atoms with Crippen LogP contribution in [0, 0.1) is 5.92 Å². The standard InChI is InChI=1S/C16H32N2O2/c1-3-17-16-8-6-4-5-7-14(16)9-18-10-15(11-19)20-12-13(18)2/h13-17,19H,3-12H2,1-2H3. The molecule has 4 heteroatoms. The molecule has 1 saturated heterocycles. The Morgan fingerprint density at radius 3 is 2.80 bits per heavy atom. The molecule has 1 heterocycles. The number of morpholine rings is 1. The van der Waals surface area contributed by atoms with E-state index in [1.165, 1.54) is 32.1 Å². The van der Waals surface area contributed by atoms with Gasteiger partial charge in [-0.25, -0.2) is 0 Å². The molecule has 2 fully saturated rings. The molecule has 0 spiro atoms. The lowest BCUT2D eigenvalue weighted by molar-refractivity contribution is -0.0828. The van der Waals surface area contributed by atoms with Crippen LogP contribution in [0.15, 0.2) is 0 Å². The molecule has 2 N–H and O–H groups in total. The Balaban J connectivity index is 1.93. The number of aliphatic hydroxyl groups is 1. The quantitative estimate of drug-likeness (QED) is 0.753. The Bertz CT molecular complexity index is 275. The SMILES string of the molecule is CCNC1CCCCCC1CN1CC(CO)OCC1C. The maximum Gasteiger partial charge on any atom is 0.0933 e. The van der Waals surface area contributed by atoms with Crippen molar-refractivity contribution in [1.82, 2.24) is 10.2 Å². The van der Waals surface area contributed by atoms with Gasteiger partial charge in [0, 0.05) is 25.2 Å². The number of hydrogen-bond donors (Lipinski definition) is 2. The summed E-state index contributed by atoms with van der Waals surface area (Å²) in [5.41, 5.74) is 0. The molecule has 4 unspecified atom stereocenters. The van der Waals surface area contributed by atoms with Gasteiger partial charge in [0.1, 0.15) is 0 Å². The molecule has 1 aliphatic heterocycles. The molecule has 0 aromatic rings. The fourth-order valence-electron chi connectivity index (χ4n) is 3.67. The van der Waals surface area contributed by atoms with Crippen LogP contribution in [0.25, 0.3) is 0 Å². The van der Waals surface area contributed by atoms with E-state index in [9.17, 15) is 5.11 Å². The number of nitrogens with zero attached hydrogens (tertiary/aromatic N) is 1. The summed E-state index contributed by atoms with van der Waals surface area (Å²) < 4.78 is 5.65. The van der Waals surface area contributed by atoms with Crippen LogP contribution < -0.4 is 5.32 Å². The van der Waals surface area contributed by atoms with Crippen molar-refractivity contribution in [3.8, 4) is 0 Å². The summed E-state index contributed by atoms with van der Waals surface area (Å²) >= 11 is 0. The molecular weight excluding hydrogens is 252 g/mol. The third kappa shape index (κ3) is 4.42. The highest BCUT2D eigenvalue weighted by Crippen LogP contribution is 2.26. The van der Waals surface area contributed by atoms with Crippen LogP contribution in [0.3, 0.4) is 0 Å². The van der Waals surface area contributed by atoms with Crippen LogP contribution in [0.4, 0.5) is 0 Å². The first-order valence-electron chi connectivity index (χ1n) is 8.44. The molecule has 2 aliphatic rings. The number of aliphatic hydroxyl groups excluding tert-OH is 1. The average molecular weight is 284 g/mol. The lowest BCUT2D eigenvalue weighted by Gasteiger charge is -2.40. The lowest BCUT2D eigenvalue weighted by Crippen LogP contribution is -2.53. The Morgan fingerprint density at radius 1 is 1.25 bits per heavy atom. The maximum absolute atomic E-state index is 9.32. The molecule has 0 aromatic heterocycles. The summed E-state index contributed by atoms with van der Waals surface area (Å²) in [6.07, 6.45) is 6.79. The second-order valence-corrected chi connectivity index (χ2v) is 6.50. The first-order chi connectivity index (χ1) is 9.74. The van der Waals surface area contributed by atoms with Gasteiger partial charge in [-0.1, -0.05) is 26.2 Å². The zero-order chi connectivity index (χ0) is 14.4. The van der Waals surface area contributed by atoms with Gasteiger partial charge in [-0.2, -0.15) is 0 Å². The van der Waals surface area contributed by atoms with Crippen molar-refractivity contribution in [2.45, 2.75) is 64.1 Å². The van der Waals surface area contributed by atoms with Gasteiger partial charge in [-0.3, -0.25) is 4.90 Å². The highest BCUT2D eigenvalue weighted by Gasteiger charge is 2.30. The lowest BCUT2D eigenvalue weighted by atomic mass is 9.93. The molecule has 1 aliphatic carbocycles. The van der Waals surface area contributed by atoms with Crippen LogP contribution in [0.1, 0.15) is 46.0 Å². The van der Waals surface area contributed by atoms with Crippen molar-refractivity contribution < 1.29 is 9.84 Å². The van der Waals surface area contributed by atoms with E-state index in [-0.39, 0.29) is 12.7 Å². The Kier molecular flexibility index (Phi) is 6.75. The second-order valence-electron chi connectivity index (χ2n) is 6.50. The fourth-order valence-corrected chi connectivity index (χ4v) is 3.67. The van der Waals surface area contributed by atoms with E-state index in [0.29, 0.717) is 12.1 Å². The number of nitrogens with one attached hydrogen (secondary N) is 1.